The van der Waals surface area contributed by atoms with E-state index in [-0.39, 0.29) is 0 Å². The number of benzene rings is 1. The molecule has 0 aliphatic carbocycles. The zero-order chi connectivity index (χ0) is 13.4. The molecule has 1 heteroatoms. The summed E-state index contributed by atoms with van der Waals surface area (Å²) in [5.41, 5.74) is 2.91. The summed E-state index contributed by atoms with van der Waals surface area (Å²) in [6.45, 7) is 10.2. The zero-order valence-electron chi connectivity index (χ0n) is 12.5. The third-order valence-corrected chi connectivity index (χ3v) is 3.65. The SMILES string of the molecule is CCCNC(c1cccc(CC)c1)C(C)CCC. The van der Waals surface area contributed by atoms with E-state index in [1.165, 1.54) is 30.4 Å². The molecule has 0 aliphatic heterocycles. The van der Waals surface area contributed by atoms with Crippen LogP contribution in [-0.2, 0) is 6.42 Å². The molecule has 0 spiro atoms. The maximum absolute atomic E-state index is 3.72. The standard InChI is InChI=1S/C17H29N/c1-5-9-14(4)17(18-12-6-2)16-11-8-10-15(7-3)13-16/h8,10-11,13-14,17-18H,5-7,9,12H2,1-4H3. The third kappa shape index (κ3) is 4.45. The molecule has 2 unspecified atom stereocenters. The number of nitrogens with one attached hydrogen (secondary N) is 1. The summed E-state index contributed by atoms with van der Waals surface area (Å²) in [4.78, 5) is 0. The average Bonchev–Trinajstić information content (AvgIpc) is 2.40. The number of rotatable bonds is 8. The maximum Gasteiger partial charge on any atom is 0.0346 e. The van der Waals surface area contributed by atoms with Crippen molar-refractivity contribution >= 4 is 0 Å². The first-order valence-electron chi connectivity index (χ1n) is 7.55. The molecule has 0 aliphatic rings. The smallest absolute Gasteiger partial charge is 0.0346 e. The summed E-state index contributed by atoms with van der Waals surface area (Å²) in [6, 6.07) is 9.59. The van der Waals surface area contributed by atoms with E-state index in [1.807, 2.05) is 0 Å². The summed E-state index contributed by atoms with van der Waals surface area (Å²) < 4.78 is 0. The molecule has 2 atom stereocenters. The minimum atomic E-state index is 0.511. The van der Waals surface area contributed by atoms with Crippen LogP contribution in [0, 0.1) is 5.92 Å². The second-order valence-corrected chi connectivity index (χ2v) is 5.30. The Morgan fingerprint density at radius 2 is 1.89 bits per heavy atom. The van der Waals surface area contributed by atoms with Crippen LogP contribution in [0.15, 0.2) is 24.3 Å². The van der Waals surface area contributed by atoms with E-state index in [0.29, 0.717) is 12.0 Å². The molecule has 0 amide bonds. The molecule has 1 aromatic rings. The Morgan fingerprint density at radius 1 is 1.11 bits per heavy atom. The molecule has 1 aromatic carbocycles. The average molecular weight is 247 g/mol. The van der Waals surface area contributed by atoms with Crippen molar-refractivity contribution in [1.82, 2.24) is 5.32 Å². The van der Waals surface area contributed by atoms with E-state index >= 15 is 0 Å². The third-order valence-electron chi connectivity index (χ3n) is 3.65. The fraction of sp³-hybridized carbons (Fsp3) is 0.647. The van der Waals surface area contributed by atoms with Gasteiger partial charge in [-0.05, 0) is 42.9 Å². The highest BCUT2D eigenvalue weighted by Crippen LogP contribution is 2.26. The van der Waals surface area contributed by atoms with Crippen LogP contribution in [0.5, 0.6) is 0 Å². The van der Waals surface area contributed by atoms with E-state index < -0.39 is 0 Å². The highest BCUT2D eigenvalue weighted by Gasteiger charge is 2.17. The molecular weight excluding hydrogens is 218 g/mol. The van der Waals surface area contributed by atoms with Gasteiger partial charge in [0.15, 0.2) is 0 Å². The molecule has 0 heterocycles. The Hall–Kier alpha value is -0.820. The predicted molar refractivity (Wildman–Crippen MR) is 80.9 cm³/mol. The van der Waals surface area contributed by atoms with Crippen molar-refractivity contribution in [2.45, 2.75) is 59.4 Å². The predicted octanol–water partition coefficient (Wildman–Crippen LogP) is 4.73. The van der Waals surface area contributed by atoms with Crippen molar-refractivity contribution in [2.24, 2.45) is 5.92 Å². The lowest BCUT2D eigenvalue weighted by atomic mass is 9.90. The van der Waals surface area contributed by atoms with Crippen LogP contribution in [0.1, 0.15) is 64.1 Å². The summed E-state index contributed by atoms with van der Waals surface area (Å²) >= 11 is 0. The normalized spacial score (nSPS) is 14.4. The van der Waals surface area contributed by atoms with E-state index in [4.69, 9.17) is 0 Å². The molecular formula is C17H29N. The Kier molecular flexibility index (Phi) is 7.04. The number of hydrogen-bond acceptors (Lipinski definition) is 1. The Bertz CT molecular complexity index is 332. The fourth-order valence-electron chi connectivity index (χ4n) is 2.58. The summed E-state index contributed by atoms with van der Waals surface area (Å²) in [5, 5.41) is 3.72. The fourth-order valence-corrected chi connectivity index (χ4v) is 2.58. The van der Waals surface area contributed by atoms with Gasteiger partial charge in [-0.2, -0.15) is 0 Å². The lowest BCUT2D eigenvalue weighted by Gasteiger charge is -2.26. The van der Waals surface area contributed by atoms with Gasteiger partial charge in [-0.1, -0.05) is 58.4 Å². The molecule has 0 radical (unpaired) electrons. The van der Waals surface area contributed by atoms with Gasteiger partial charge in [-0.15, -0.1) is 0 Å². The Balaban J connectivity index is 2.85. The van der Waals surface area contributed by atoms with Crippen LogP contribution >= 0.6 is 0 Å². The van der Waals surface area contributed by atoms with Crippen LogP contribution in [0.3, 0.4) is 0 Å². The first-order chi connectivity index (χ1) is 8.72. The summed E-state index contributed by atoms with van der Waals surface area (Å²) in [7, 11) is 0. The Labute approximate surface area is 113 Å². The minimum Gasteiger partial charge on any atom is -0.310 e. The van der Waals surface area contributed by atoms with Gasteiger partial charge >= 0.3 is 0 Å². The number of hydrogen-bond donors (Lipinski definition) is 1. The van der Waals surface area contributed by atoms with Gasteiger partial charge in [0.05, 0.1) is 0 Å². The highest BCUT2D eigenvalue weighted by atomic mass is 14.9. The quantitative estimate of drug-likeness (QED) is 0.700. The monoisotopic (exact) mass is 247 g/mol. The first kappa shape index (κ1) is 15.2. The highest BCUT2D eigenvalue weighted by molar-refractivity contribution is 5.26. The molecule has 1 nitrogen and oxygen atoms in total. The van der Waals surface area contributed by atoms with Crippen molar-refractivity contribution in [2.75, 3.05) is 6.54 Å². The Morgan fingerprint density at radius 3 is 2.50 bits per heavy atom. The summed E-state index contributed by atoms with van der Waals surface area (Å²) in [5.74, 6) is 0.702. The largest absolute Gasteiger partial charge is 0.310 e. The molecule has 0 aromatic heterocycles. The first-order valence-corrected chi connectivity index (χ1v) is 7.55. The van der Waals surface area contributed by atoms with E-state index in [2.05, 4.69) is 57.3 Å². The van der Waals surface area contributed by atoms with Crippen LogP contribution in [0.2, 0.25) is 0 Å². The van der Waals surface area contributed by atoms with Gasteiger partial charge in [0, 0.05) is 6.04 Å². The van der Waals surface area contributed by atoms with E-state index in [0.717, 1.165) is 13.0 Å². The molecule has 0 bridgehead atoms. The van der Waals surface area contributed by atoms with Gasteiger partial charge in [-0.25, -0.2) is 0 Å². The van der Waals surface area contributed by atoms with Crippen LogP contribution < -0.4 is 5.32 Å². The number of aryl methyl sites for hydroxylation is 1. The molecule has 1 N–H and O–H groups in total. The topological polar surface area (TPSA) is 12.0 Å². The van der Waals surface area contributed by atoms with E-state index in [1.54, 1.807) is 0 Å². The van der Waals surface area contributed by atoms with Crippen molar-refractivity contribution in [3.63, 3.8) is 0 Å². The van der Waals surface area contributed by atoms with Gasteiger partial charge < -0.3 is 5.32 Å². The second-order valence-electron chi connectivity index (χ2n) is 5.30. The van der Waals surface area contributed by atoms with Crippen LogP contribution in [-0.4, -0.2) is 6.54 Å². The van der Waals surface area contributed by atoms with E-state index in [9.17, 15) is 0 Å². The lowest BCUT2D eigenvalue weighted by Crippen LogP contribution is -2.27. The van der Waals surface area contributed by atoms with Gasteiger partial charge in [-0.3, -0.25) is 0 Å². The second kappa shape index (κ2) is 8.31. The van der Waals surface area contributed by atoms with Crippen molar-refractivity contribution in [3.05, 3.63) is 35.4 Å². The van der Waals surface area contributed by atoms with Crippen molar-refractivity contribution < 1.29 is 0 Å². The van der Waals surface area contributed by atoms with Gasteiger partial charge in [0.2, 0.25) is 0 Å². The zero-order valence-corrected chi connectivity index (χ0v) is 12.5. The van der Waals surface area contributed by atoms with Gasteiger partial charge in [0.1, 0.15) is 0 Å². The molecule has 0 fully saturated rings. The summed E-state index contributed by atoms with van der Waals surface area (Å²) in [6.07, 6.45) is 4.87. The maximum atomic E-state index is 3.72. The molecule has 18 heavy (non-hydrogen) atoms. The van der Waals surface area contributed by atoms with Gasteiger partial charge in [0.25, 0.3) is 0 Å². The van der Waals surface area contributed by atoms with Crippen LogP contribution in [0.25, 0.3) is 0 Å². The molecule has 0 saturated carbocycles. The molecule has 1 rings (SSSR count). The van der Waals surface area contributed by atoms with Crippen molar-refractivity contribution in [3.8, 4) is 0 Å². The molecule has 102 valence electrons. The minimum absolute atomic E-state index is 0.511. The lowest BCUT2D eigenvalue weighted by molar-refractivity contribution is 0.363. The molecule has 0 saturated heterocycles. The van der Waals surface area contributed by atoms with Crippen molar-refractivity contribution in [1.29, 1.82) is 0 Å². The van der Waals surface area contributed by atoms with Crippen LogP contribution in [0.4, 0.5) is 0 Å².